The predicted octanol–water partition coefficient (Wildman–Crippen LogP) is 2.38. The highest BCUT2D eigenvalue weighted by Gasteiger charge is 2.21. The van der Waals surface area contributed by atoms with E-state index in [2.05, 4.69) is 10.0 Å². The minimum Gasteiger partial charge on any atom is -0.491 e. The SMILES string of the molecule is CC(=O)Nc1ccc(S(=O)(=O)Nc2cccc3c2OCC3)cc1. The number of amides is 1. The lowest BCUT2D eigenvalue weighted by Gasteiger charge is -2.12. The van der Waals surface area contributed by atoms with Gasteiger partial charge in [-0.1, -0.05) is 12.1 Å². The number of fused-ring (bicyclic) bond motifs is 1. The van der Waals surface area contributed by atoms with E-state index in [9.17, 15) is 13.2 Å². The number of carbonyl (C=O) groups excluding carboxylic acids is 1. The zero-order chi connectivity index (χ0) is 16.4. The van der Waals surface area contributed by atoms with Gasteiger partial charge in [-0.25, -0.2) is 8.42 Å². The van der Waals surface area contributed by atoms with E-state index >= 15 is 0 Å². The molecular weight excluding hydrogens is 316 g/mol. The quantitative estimate of drug-likeness (QED) is 0.900. The fourth-order valence-electron chi connectivity index (χ4n) is 2.42. The number of nitrogens with one attached hydrogen (secondary N) is 2. The summed E-state index contributed by atoms with van der Waals surface area (Å²) in [6, 6.07) is 11.4. The minimum atomic E-state index is -3.72. The second-order valence-electron chi connectivity index (χ2n) is 5.20. The zero-order valence-electron chi connectivity index (χ0n) is 12.5. The van der Waals surface area contributed by atoms with Crippen molar-refractivity contribution in [2.75, 3.05) is 16.6 Å². The van der Waals surface area contributed by atoms with Crippen LogP contribution in [0.1, 0.15) is 12.5 Å². The van der Waals surface area contributed by atoms with Gasteiger partial charge in [0, 0.05) is 19.0 Å². The van der Waals surface area contributed by atoms with Crippen LogP contribution in [-0.2, 0) is 21.2 Å². The molecule has 2 aromatic carbocycles. The number of anilines is 2. The van der Waals surface area contributed by atoms with Gasteiger partial charge in [-0.3, -0.25) is 9.52 Å². The first-order chi connectivity index (χ1) is 11.0. The average molecular weight is 332 g/mol. The van der Waals surface area contributed by atoms with Crippen molar-refractivity contribution in [3.63, 3.8) is 0 Å². The van der Waals surface area contributed by atoms with Gasteiger partial charge in [0.25, 0.3) is 10.0 Å². The third-order valence-electron chi connectivity index (χ3n) is 3.44. The number of hydrogen-bond donors (Lipinski definition) is 2. The number of benzene rings is 2. The van der Waals surface area contributed by atoms with Crippen molar-refractivity contribution in [2.45, 2.75) is 18.2 Å². The van der Waals surface area contributed by atoms with Crippen molar-refractivity contribution < 1.29 is 17.9 Å². The maximum atomic E-state index is 12.5. The Morgan fingerprint density at radius 2 is 1.87 bits per heavy atom. The Hall–Kier alpha value is -2.54. The standard InChI is InChI=1S/C16H16N2O4S/c1-11(19)17-13-5-7-14(8-6-13)23(20,21)18-15-4-2-3-12-9-10-22-16(12)15/h2-8,18H,9-10H2,1H3,(H,17,19). The Bertz CT molecular complexity index is 845. The molecule has 1 amide bonds. The minimum absolute atomic E-state index is 0.113. The molecule has 0 aliphatic carbocycles. The Morgan fingerprint density at radius 1 is 1.13 bits per heavy atom. The third-order valence-corrected chi connectivity index (χ3v) is 4.83. The van der Waals surface area contributed by atoms with Crippen LogP contribution in [0.15, 0.2) is 47.4 Å². The van der Waals surface area contributed by atoms with Crippen molar-refractivity contribution in [1.29, 1.82) is 0 Å². The molecule has 1 aliphatic rings. The molecule has 2 N–H and O–H groups in total. The van der Waals surface area contributed by atoms with E-state index in [0.717, 1.165) is 12.0 Å². The Labute approximate surface area is 134 Å². The molecule has 0 saturated carbocycles. The van der Waals surface area contributed by atoms with E-state index in [1.807, 2.05) is 6.07 Å². The lowest BCUT2D eigenvalue weighted by atomic mass is 10.1. The molecule has 0 atom stereocenters. The molecule has 0 saturated heterocycles. The van der Waals surface area contributed by atoms with Crippen LogP contribution in [0.5, 0.6) is 5.75 Å². The van der Waals surface area contributed by atoms with Crippen molar-refractivity contribution in [1.82, 2.24) is 0 Å². The Morgan fingerprint density at radius 3 is 2.57 bits per heavy atom. The first-order valence-electron chi connectivity index (χ1n) is 7.11. The summed E-state index contributed by atoms with van der Waals surface area (Å²) in [7, 11) is -3.72. The monoisotopic (exact) mass is 332 g/mol. The molecule has 0 aromatic heterocycles. The van der Waals surface area contributed by atoms with Crippen LogP contribution >= 0.6 is 0 Å². The molecule has 23 heavy (non-hydrogen) atoms. The van der Waals surface area contributed by atoms with Gasteiger partial charge in [-0.2, -0.15) is 0 Å². The average Bonchev–Trinajstić information content (AvgIpc) is 2.96. The van der Waals surface area contributed by atoms with Gasteiger partial charge in [-0.15, -0.1) is 0 Å². The van der Waals surface area contributed by atoms with Crippen molar-refractivity contribution in [3.8, 4) is 5.75 Å². The highest BCUT2D eigenvalue weighted by atomic mass is 32.2. The van der Waals surface area contributed by atoms with E-state index < -0.39 is 10.0 Å². The Balaban J connectivity index is 1.85. The van der Waals surface area contributed by atoms with Gasteiger partial charge in [0.15, 0.2) is 0 Å². The number of ether oxygens (including phenoxy) is 1. The molecule has 7 heteroatoms. The molecule has 1 heterocycles. The Kier molecular flexibility index (Phi) is 3.96. The molecule has 0 radical (unpaired) electrons. The fraction of sp³-hybridized carbons (Fsp3) is 0.188. The topological polar surface area (TPSA) is 84.5 Å². The summed E-state index contributed by atoms with van der Waals surface area (Å²) in [5.74, 6) is 0.377. The smallest absolute Gasteiger partial charge is 0.262 e. The molecule has 0 spiro atoms. The summed E-state index contributed by atoms with van der Waals surface area (Å²) in [4.78, 5) is 11.1. The first-order valence-corrected chi connectivity index (χ1v) is 8.59. The van der Waals surface area contributed by atoms with E-state index in [1.165, 1.54) is 19.1 Å². The van der Waals surface area contributed by atoms with Gasteiger partial charge < -0.3 is 10.1 Å². The predicted molar refractivity (Wildman–Crippen MR) is 87.2 cm³/mol. The van der Waals surface area contributed by atoms with Crippen molar-refractivity contribution in [2.24, 2.45) is 0 Å². The van der Waals surface area contributed by atoms with E-state index in [0.29, 0.717) is 23.7 Å². The maximum Gasteiger partial charge on any atom is 0.262 e. The summed E-state index contributed by atoms with van der Waals surface area (Å²) in [5, 5.41) is 2.59. The van der Waals surface area contributed by atoms with Crippen LogP contribution < -0.4 is 14.8 Å². The van der Waals surface area contributed by atoms with Crippen LogP contribution in [0.2, 0.25) is 0 Å². The first kappa shape index (κ1) is 15.4. The molecule has 0 fully saturated rings. The maximum absolute atomic E-state index is 12.5. The molecule has 120 valence electrons. The molecule has 6 nitrogen and oxygen atoms in total. The van der Waals surface area contributed by atoms with Gasteiger partial charge >= 0.3 is 0 Å². The summed E-state index contributed by atoms with van der Waals surface area (Å²) >= 11 is 0. The molecule has 0 bridgehead atoms. The summed E-state index contributed by atoms with van der Waals surface area (Å²) < 4.78 is 33.0. The van der Waals surface area contributed by atoms with Gasteiger partial charge in [0.05, 0.1) is 17.2 Å². The van der Waals surface area contributed by atoms with Gasteiger partial charge in [-0.05, 0) is 35.9 Å². The lowest BCUT2D eigenvalue weighted by molar-refractivity contribution is -0.114. The summed E-state index contributed by atoms with van der Waals surface area (Å²) in [6.45, 7) is 1.95. The van der Waals surface area contributed by atoms with Crippen LogP contribution in [-0.4, -0.2) is 20.9 Å². The molecule has 0 unspecified atom stereocenters. The highest BCUT2D eigenvalue weighted by molar-refractivity contribution is 7.92. The largest absolute Gasteiger partial charge is 0.491 e. The van der Waals surface area contributed by atoms with Crippen LogP contribution in [0.25, 0.3) is 0 Å². The number of carbonyl (C=O) groups is 1. The van der Waals surface area contributed by atoms with Gasteiger partial charge in [0.2, 0.25) is 5.91 Å². The third kappa shape index (κ3) is 3.29. The second-order valence-corrected chi connectivity index (χ2v) is 6.89. The van der Waals surface area contributed by atoms with E-state index in [-0.39, 0.29) is 10.8 Å². The summed E-state index contributed by atoms with van der Waals surface area (Å²) in [5.41, 5.74) is 1.97. The van der Waals surface area contributed by atoms with E-state index in [1.54, 1.807) is 24.3 Å². The van der Waals surface area contributed by atoms with E-state index in [4.69, 9.17) is 4.74 Å². The number of rotatable bonds is 4. The van der Waals surface area contributed by atoms with Crippen LogP contribution in [0.4, 0.5) is 11.4 Å². The molecule has 2 aromatic rings. The summed E-state index contributed by atoms with van der Waals surface area (Å²) in [6.07, 6.45) is 0.774. The van der Waals surface area contributed by atoms with Gasteiger partial charge in [0.1, 0.15) is 5.75 Å². The second kappa shape index (κ2) is 5.92. The number of para-hydroxylation sites is 1. The molecule has 3 rings (SSSR count). The number of hydrogen-bond acceptors (Lipinski definition) is 4. The zero-order valence-corrected chi connectivity index (χ0v) is 13.3. The molecule has 1 aliphatic heterocycles. The lowest BCUT2D eigenvalue weighted by Crippen LogP contribution is -2.14. The van der Waals surface area contributed by atoms with Crippen LogP contribution in [0.3, 0.4) is 0 Å². The fourth-order valence-corrected chi connectivity index (χ4v) is 3.48. The van der Waals surface area contributed by atoms with Crippen LogP contribution in [0, 0.1) is 0 Å². The van der Waals surface area contributed by atoms with Crippen molar-refractivity contribution >= 4 is 27.3 Å². The highest BCUT2D eigenvalue weighted by Crippen LogP contribution is 2.34. The molecular formula is C16H16N2O4S. The normalized spacial score (nSPS) is 13.1. The van der Waals surface area contributed by atoms with Crippen molar-refractivity contribution in [3.05, 3.63) is 48.0 Å². The number of sulfonamides is 1.